The average molecular weight is 426 g/mol. The standard InChI is InChI=1S/2C7H13NO5.2Na/c2*1-5(7(12)13)8(2-3-9)4-6(10)11;;/h2*5,9H,2-4H2,1H3,(H,10,11)(H,12,13);;/q;;2*+1/p-2. The molecular formula is C14H24N2Na2O10. The number of aliphatic hydroxyl groups is 2. The molecule has 0 spiro atoms. The number of rotatable bonds is 12. The normalized spacial score (nSPS) is 11.9. The molecule has 0 saturated heterocycles. The van der Waals surface area contributed by atoms with Crippen molar-refractivity contribution in [3.05, 3.63) is 0 Å². The number of aliphatic hydroxyl groups excluding tert-OH is 2. The van der Waals surface area contributed by atoms with Gasteiger partial charge in [0.1, 0.15) is 0 Å². The van der Waals surface area contributed by atoms with Crippen molar-refractivity contribution in [3.63, 3.8) is 0 Å². The maximum Gasteiger partial charge on any atom is 1.00 e. The molecule has 0 aromatic rings. The van der Waals surface area contributed by atoms with Gasteiger partial charge in [0.2, 0.25) is 0 Å². The summed E-state index contributed by atoms with van der Waals surface area (Å²) in [7, 11) is 0. The van der Waals surface area contributed by atoms with Crippen LogP contribution < -0.4 is 69.3 Å². The van der Waals surface area contributed by atoms with Gasteiger partial charge in [-0.2, -0.15) is 0 Å². The van der Waals surface area contributed by atoms with Crippen molar-refractivity contribution in [2.24, 2.45) is 0 Å². The fourth-order valence-electron chi connectivity index (χ4n) is 1.72. The second-order valence-corrected chi connectivity index (χ2v) is 5.17. The zero-order valence-corrected chi connectivity index (χ0v) is 20.5. The quantitative estimate of drug-likeness (QED) is 0.215. The Bertz CT molecular complexity index is 439. The van der Waals surface area contributed by atoms with Crippen molar-refractivity contribution in [1.82, 2.24) is 9.80 Å². The Morgan fingerprint density at radius 1 is 0.750 bits per heavy atom. The molecule has 0 aliphatic rings. The molecule has 0 radical (unpaired) electrons. The summed E-state index contributed by atoms with van der Waals surface area (Å²) in [5.74, 6) is -4.98. The van der Waals surface area contributed by atoms with Crippen molar-refractivity contribution < 1.29 is 109 Å². The third-order valence-corrected chi connectivity index (χ3v) is 3.23. The zero-order valence-electron chi connectivity index (χ0n) is 16.5. The number of carboxylic acids is 4. The van der Waals surface area contributed by atoms with E-state index < -0.39 is 49.1 Å². The maximum atomic E-state index is 10.4. The van der Waals surface area contributed by atoms with Crippen molar-refractivity contribution in [2.45, 2.75) is 25.9 Å². The van der Waals surface area contributed by atoms with Gasteiger partial charge in [-0.15, -0.1) is 0 Å². The Balaban J connectivity index is -0.000000192. The summed E-state index contributed by atoms with van der Waals surface area (Å²) in [6.07, 6.45) is 0. The number of carboxylic acid groups (broad SMARTS) is 4. The molecular weight excluding hydrogens is 402 g/mol. The number of hydrogen-bond donors (Lipinski definition) is 4. The van der Waals surface area contributed by atoms with Crippen LogP contribution in [-0.4, -0.2) is 106 Å². The van der Waals surface area contributed by atoms with Crippen molar-refractivity contribution >= 4 is 23.9 Å². The third-order valence-electron chi connectivity index (χ3n) is 3.23. The van der Waals surface area contributed by atoms with E-state index in [0.717, 1.165) is 9.80 Å². The Hall–Kier alpha value is -0.280. The van der Waals surface area contributed by atoms with Crippen molar-refractivity contribution in [1.29, 1.82) is 0 Å². The SMILES string of the molecule is CC(C(=O)[O-])N(CCO)CC(=O)O.CC(C(=O)[O-])N(CCO)CC(=O)O.[Na+].[Na+]. The Morgan fingerprint density at radius 2 is 1.00 bits per heavy atom. The fraction of sp³-hybridized carbons (Fsp3) is 0.714. The molecule has 0 aliphatic heterocycles. The van der Waals surface area contributed by atoms with E-state index in [4.69, 9.17) is 20.4 Å². The van der Waals surface area contributed by atoms with Gasteiger partial charge in [-0.25, -0.2) is 0 Å². The minimum absolute atomic E-state index is 0. The van der Waals surface area contributed by atoms with E-state index in [1.54, 1.807) is 0 Å². The number of nitrogens with zero attached hydrogens (tertiary/aromatic N) is 2. The first kappa shape index (κ1) is 35.2. The largest absolute Gasteiger partial charge is 1.00 e. The number of hydrogen-bond acceptors (Lipinski definition) is 10. The van der Waals surface area contributed by atoms with Crippen LogP contribution in [0.3, 0.4) is 0 Å². The first-order valence-corrected chi connectivity index (χ1v) is 7.52. The molecule has 0 saturated carbocycles. The molecule has 0 aromatic carbocycles. The molecule has 0 fully saturated rings. The number of carbonyl (C=O) groups is 4. The molecule has 2 unspecified atom stereocenters. The summed E-state index contributed by atoms with van der Waals surface area (Å²) in [6.45, 7) is 1.21. The third kappa shape index (κ3) is 17.8. The predicted molar refractivity (Wildman–Crippen MR) is 81.5 cm³/mol. The summed E-state index contributed by atoms with van der Waals surface area (Å²) < 4.78 is 0. The summed E-state index contributed by atoms with van der Waals surface area (Å²) in [5.41, 5.74) is 0. The molecule has 2 atom stereocenters. The van der Waals surface area contributed by atoms with Crippen LogP contribution in [0.25, 0.3) is 0 Å². The molecule has 0 aromatic heterocycles. The first-order valence-electron chi connectivity index (χ1n) is 7.52. The minimum Gasteiger partial charge on any atom is -0.548 e. The van der Waals surface area contributed by atoms with Gasteiger partial charge in [-0.3, -0.25) is 19.4 Å². The Kier molecular flexibility index (Phi) is 25.1. The van der Waals surface area contributed by atoms with Gasteiger partial charge in [0, 0.05) is 25.2 Å². The molecule has 14 heteroatoms. The molecule has 0 heterocycles. The molecule has 28 heavy (non-hydrogen) atoms. The van der Waals surface area contributed by atoms with Gasteiger partial charge in [0.15, 0.2) is 0 Å². The second-order valence-electron chi connectivity index (χ2n) is 5.17. The molecule has 152 valence electrons. The van der Waals surface area contributed by atoms with Gasteiger partial charge in [0.05, 0.1) is 38.2 Å². The topological polar surface area (TPSA) is 202 Å². The van der Waals surface area contributed by atoms with Gasteiger partial charge in [-0.05, 0) is 13.8 Å². The van der Waals surface area contributed by atoms with Crippen molar-refractivity contribution in [2.75, 3.05) is 39.4 Å². The summed E-state index contributed by atoms with van der Waals surface area (Å²) in [5, 5.41) is 54.6. The van der Waals surface area contributed by atoms with Gasteiger partial charge < -0.3 is 40.2 Å². The molecule has 0 bridgehead atoms. The van der Waals surface area contributed by atoms with E-state index in [0.29, 0.717) is 0 Å². The molecule has 0 rings (SSSR count). The first-order chi connectivity index (χ1) is 12.0. The van der Waals surface area contributed by atoms with Crippen LogP contribution in [0.4, 0.5) is 0 Å². The van der Waals surface area contributed by atoms with Gasteiger partial charge >= 0.3 is 71.1 Å². The molecule has 12 nitrogen and oxygen atoms in total. The molecule has 0 amide bonds. The van der Waals surface area contributed by atoms with Crippen molar-refractivity contribution in [3.8, 4) is 0 Å². The molecule has 0 aliphatic carbocycles. The number of aliphatic carboxylic acids is 4. The predicted octanol–water partition coefficient (Wildman–Crippen LogP) is -11.0. The smallest absolute Gasteiger partial charge is 0.548 e. The Labute approximate surface area is 206 Å². The minimum atomic E-state index is -1.35. The van der Waals surface area contributed by atoms with Crippen LogP contribution >= 0.6 is 0 Å². The van der Waals surface area contributed by atoms with E-state index in [-0.39, 0.29) is 85.4 Å². The summed E-state index contributed by atoms with van der Waals surface area (Å²) in [4.78, 5) is 43.5. The van der Waals surface area contributed by atoms with E-state index in [9.17, 15) is 29.4 Å². The van der Waals surface area contributed by atoms with Gasteiger partial charge in [-0.1, -0.05) is 0 Å². The summed E-state index contributed by atoms with van der Waals surface area (Å²) >= 11 is 0. The second kappa shape index (κ2) is 20.0. The average Bonchev–Trinajstić information content (AvgIpc) is 2.52. The molecule has 4 N–H and O–H groups in total. The van der Waals surface area contributed by atoms with E-state index >= 15 is 0 Å². The fourth-order valence-corrected chi connectivity index (χ4v) is 1.72. The van der Waals surface area contributed by atoms with Crippen LogP contribution in [0.5, 0.6) is 0 Å². The van der Waals surface area contributed by atoms with Crippen LogP contribution in [0.15, 0.2) is 0 Å². The zero-order chi connectivity index (χ0) is 20.9. The van der Waals surface area contributed by atoms with Crippen LogP contribution in [0, 0.1) is 0 Å². The van der Waals surface area contributed by atoms with Crippen LogP contribution in [-0.2, 0) is 19.2 Å². The number of carbonyl (C=O) groups excluding carboxylic acids is 2. The monoisotopic (exact) mass is 426 g/mol. The van der Waals surface area contributed by atoms with E-state index in [1.165, 1.54) is 13.8 Å². The Morgan fingerprint density at radius 3 is 1.14 bits per heavy atom. The van der Waals surface area contributed by atoms with Crippen LogP contribution in [0.1, 0.15) is 13.8 Å². The van der Waals surface area contributed by atoms with E-state index in [1.807, 2.05) is 0 Å². The van der Waals surface area contributed by atoms with Crippen LogP contribution in [0.2, 0.25) is 0 Å². The van der Waals surface area contributed by atoms with E-state index in [2.05, 4.69) is 0 Å². The van der Waals surface area contributed by atoms with Gasteiger partial charge in [0.25, 0.3) is 0 Å². The maximum absolute atomic E-state index is 10.4. The summed E-state index contributed by atoms with van der Waals surface area (Å²) in [6, 6.07) is -2.02.